The van der Waals surface area contributed by atoms with Crippen molar-refractivity contribution in [2.45, 2.75) is 110 Å². The molecule has 0 unspecified atom stereocenters. The molecule has 10 atom stereocenters. The topological polar surface area (TPSA) is 275 Å². The molecule has 21 heteroatoms. The maximum atomic E-state index is 13.5. The van der Waals surface area contributed by atoms with Gasteiger partial charge in [-0.2, -0.15) is 0 Å². The molecule has 1 aliphatic carbocycles. The Morgan fingerprint density at radius 3 is 1.53 bits per heavy atom. The molecule has 21 nitrogen and oxygen atoms in total. The number of aromatic hydroxyl groups is 1. The fourth-order valence-electron chi connectivity index (χ4n) is 6.16. The van der Waals surface area contributed by atoms with Gasteiger partial charge in [0.1, 0.15) is 37.3 Å². The van der Waals surface area contributed by atoms with E-state index < -0.39 is 139 Å². The van der Waals surface area contributed by atoms with E-state index in [-0.39, 0.29) is 11.1 Å². The lowest BCUT2D eigenvalue weighted by molar-refractivity contribution is -0.358. The van der Waals surface area contributed by atoms with Crippen molar-refractivity contribution in [3.8, 4) is 5.75 Å². The Morgan fingerprint density at radius 2 is 1.02 bits per heavy atom. The highest BCUT2D eigenvalue weighted by molar-refractivity contribution is 6.24. The monoisotopic (exact) mass is 808 g/mol. The lowest BCUT2D eigenvalue weighted by atomic mass is 9.92. The summed E-state index contributed by atoms with van der Waals surface area (Å²) in [5, 5.41) is 10.2. The number of Topliss-reactive ketones (excluding diaryl/α,β-unsaturated/α-hetero) is 1. The molecule has 0 spiro atoms. The molecule has 0 aromatic heterocycles. The van der Waals surface area contributed by atoms with Crippen LogP contribution in [0.2, 0.25) is 0 Å². The minimum absolute atomic E-state index is 0.241. The number of hydrogen-bond donors (Lipinski definition) is 1. The number of allylic oxidation sites excluding steroid dienone is 2. The molecule has 2 heterocycles. The van der Waals surface area contributed by atoms with Crippen LogP contribution < -0.4 is 0 Å². The van der Waals surface area contributed by atoms with Gasteiger partial charge >= 0.3 is 41.8 Å². The van der Waals surface area contributed by atoms with Crippen molar-refractivity contribution in [2.24, 2.45) is 0 Å². The smallest absolute Gasteiger partial charge is 0.303 e. The minimum Gasteiger partial charge on any atom is -0.507 e. The lowest BCUT2D eigenvalue weighted by Crippen LogP contribution is -2.67. The molecule has 4 rings (SSSR count). The molecule has 57 heavy (non-hydrogen) atoms. The van der Waals surface area contributed by atoms with Gasteiger partial charge in [-0.3, -0.25) is 43.2 Å². The molecule has 1 aromatic rings. The first kappa shape index (κ1) is 43.8. The number of carbonyl (C=O) groups excluding carboxylic acids is 9. The molecule has 2 saturated heterocycles. The van der Waals surface area contributed by atoms with Gasteiger partial charge in [0.05, 0.1) is 5.56 Å². The van der Waals surface area contributed by atoms with Crippen molar-refractivity contribution in [1.82, 2.24) is 0 Å². The predicted molar refractivity (Wildman–Crippen MR) is 179 cm³/mol. The number of phenols is 1. The zero-order valence-corrected chi connectivity index (χ0v) is 31.6. The SMILES string of the molecule is CC(=O)OC[C@@H]1O[C@@H](OC2=CC(=O)c3c(O)cccc3C2=O)[C@@H](OC(C)=O)[C@@H](OC(C)=O)[C@H]1O[C@@H]1O[C@@H](COC(C)=O)[C@@H](OC(C)=O)[C@@H](OC(C)=O)[C@H]1OC(C)=O. The van der Waals surface area contributed by atoms with Gasteiger partial charge in [0, 0.05) is 60.1 Å². The molecule has 0 radical (unpaired) electrons. The Balaban J connectivity index is 1.83. The van der Waals surface area contributed by atoms with Crippen molar-refractivity contribution in [3.63, 3.8) is 0 Å². The molecule has 2 fully saturated rings. The molecule has 1 aromatic carbocycles. The molecular weight excluding hydrogens is 768 g/mol. The van der Waals surface area contributed by atoms with Crippen LogP contribution in [0.25, 0.3) is 0 Å². The predicted octanol–water partition coefficient (Wildman–Crippen LogP) is 0.291. The number of hydrogen-bond acceptors (Lipinski definition) is 21. The summed E-state index contributed by atoms with van der Waals surface area (Å²) in [5.41, 5.74) is -0.546. The number of carbonyl (C=O) groups is 9. The summed E-state index contributed by atoms with van der Waals surface area (Å²) in [6.07, 6.45) is -16.7. The first-order valence-electron chi connectivity index (χ1n) is 17.2. The summed E-state index contributed by atoms with van der Waals surface area (Å²) in [6.45, 7) is 5.67. The third kappa shape index (κ3) is 11.1. The van der Waals surface area contributed by atoms with Crippen molar-refractivity contribution < 1.29 is 100 Å². The van der Waals surface area contributed by atoms with E-state index in [1.54, 1.807) is 0 Å². The molecule has 0 saturated carbocycles. The van der Waals surface area contributed by atoms with Crippen molar-refractivity contribution >= 4 is 53.4 Å². The molecule has 310 valence electrons. The quantitative estimate of drug-likeness (QED) is 0.207. The van der Waals surface area contributed by atoms with Crippen LogP contribution in [0.15, 0.2) is 30.0 Å². The Morgan fingerprint density at radius 1 is 0.579 bits per heavy atom. The number of fused-ring (bicyclic) bond motifs is 1. The van der Waals surface area contributed by atoms with E-state index in [0.29, 0.717) is 0 Å². The number of ketones is 2. The summed E-state index contributed by atoms with van der Waals surface area (Å²) in [6, 6.07) is 3.75. The zero-order chi connectivity index (χ0) is 42.3. The lowest BCUT2D eigenvalue weighted by Gasteiger charge is -2.48. The maximum absolute atomic E-state index is 13.5. The highest BCUT2D eigenvalue weighted by atomic mass is 16.8. The average Bonchev–Trinajstić information content (AvgIpc) is 3.09. The number of rotatable bonds is 13. The van der Waals surface area contributed by atoms with Gasteiger partial charge in [0.2, 0.25) is 18.2 Å². The van der Waals surface area contributed by atoms with Gasteiger partial charge in [-0.05, 0) is 12.1 Å². The van der Waals surface area contributed by atoms with Crippen LogP contribution in [-0.4, -0.2) is 133 Å². The van der Waals surface area contributed by atoms with Crippen LogP contribution in [0.5, 0.6) is 5.75 Å². The Bertz CT molecular complexity index is 1820. The second kappa shape index (κ2) is 18.8. The van der Waals surface area contributed by atoms with Crippen LogP contribution >= 0.6 is 0 Å². The first-order chi connectivity index (χ1) is 26.8. The highest BCUT2D eigenvalue weighted by Crippen LogP contribution is 2.37. The standard InChI is InChI=1S/C36H40O21/c1-14(37)47-12-25-29(49-16(3)39)31(50-17(4)40)34(53-20(7)43)36(56-25)57-30-26(13-48-15(2)38)55-35(33(52-19(6)42)32(30)51-18(5)41)54-24-11-23(45)27-21(28(24)46)9-8-10-22(27)44/h8-11,25-26,29-36,44H,12-13H2,1-7H3/t25-,26-,29+,30-,31+,32-,33-,34+,35+,36-/m0/s1. The largest absolute Gasteiger partial charge is 0.507 e. The molecular formula is C36H40O21. The third-order valence-corrected chi connectivity index (χ3v) is 8.15. The van der Waals surface area contributed by atoms with Crippen LogP contribution in [-0.2, 0) is 85.7 Å². The Kier molecular flexibility index (Phi) is 14.4. The van der Waals surface area contributed by atoms with E-state index in [2.05, 4.69) is 0 Å². The van der Waals surface area contributed by atoms with E-state index >= 15 is 0 Å². The van der Waals surface area contributed by atoms with Crippen molar-refractivity contribution in [2.75, 3.05) is 13.2 Å². The maximum Gasteiger partial charge on any atom is 0.303 e. The first-order valence-corrected chi connectivity index (χ1v) is 17.2. The van der Waals surface area contributed by atoms with Gasteiger partial charge in [-0.15, -0.1) is 0 Å². The van der Waals surface area contributed by atoms with Gasteiger partial charge < -0.3 is 57.2 Å². The summed E-state index contributed by atoms with van der Waals surface area (Å²) >= 11 is 0. The van der Waals surface area contributed by atoms with Crippen LogP contribution in [0.1, 0.15) is 69.2 Å². The van der Waals surface area contributed by atoms with E-state index in [1.807, 2.05) is 0 Å². The summed E-state index contributed by atoms with van der Waals surface area (Å²) in [5.74, 6) is -9.37. The van der Waals surface area contributed by atoms with Gasteiger partial charge in [-0.25, -0.2) is 0 Å². The summed E-state index contributed by atoms with van der Waals surface area (Å²) in [4.78, 5) is 113. The fraction of sp³-hybridized carbons (Fsp3) is 0.528. The number of benzene rings is 1. The molecule has 0 bridgehead atoms. The minimum atomic E-state index is -1.92. The number of esters is 7. The van der Waals surface area contributed by atoms with Gasteiger partial charge in [0.15, 0.2) is 42.2 Å². The Hall–Kier alpha value is -5.93. The van der Waals surface area contributed by atoms with E-state index in [1.165, 1.54) is 18.2 Å². The van der Waals surface area contributed by atoms with Crippen molar-refractivity contribution in [3.05, 3.63) is 41.2 Å². The third-order valence-electron chi connectivity index (χ3n) is 8.15. The van der Waals surface area contributed by atoms with Crippen LogP contribution in [0.3, 0.4) is 0 Å². The van der Waals surface area contributed by atoms with Gasteiger partial charge in [-0.1, -0.05) is 6.07 Å². The highest BCUT2D eigenvalue weighted by Gasteiger charge is 2.58. The summed E-state index contributed by atoms with van der Waals surface area (Å²) < 4.78 is 61.9. The second-order valence-electron chi connectivity index (χ2n) is 12.7. The number of ether oxygens (including phenoxy) is 11. The van der Waals surface area contributed by atoms with Crippen LogP contribution in [0, 0.1) is 0 Å². The van der Waals surface area contributed by atoms with E-state index in [0.717, 1.165) is 54.5 Å². The fourth-order valence-corrected chi connectivity index (χ4v) is 6.16. The number of phenolic OH excluding ortho intramolecular Hbond substituents is 1. The van der Waals surface area contributed by atoms with Crippen molar-refractivity contribution in [1.29, 1.82) is 0 Å². The Labute approximate surface area is 323 Å². The zero-order valence-electron chi connectivity index (χ0n) is 31.6. The molecule has 3 aliphatic rings. The summed E-state index contributed by atoms with van der Waals surface area (Å²) in [7, 11) is 0. The average molecular weight is 809 g/mol. The molecule has 1 N–H and O–H groups in total. The molecule has 2 aliphatic heterocycles. The van der Waals surface area contributed by atoms with E-state index in [4.69, 9.17) is 52.1 Å². The van der Waals surface area contributed by atoms with E-state index in [9.17, 15) is 48.3 Å². The van der Waals surface area contributed by atoms with Gasteiger partial charge in [0.25, 0.3) is 0 Å². The normalized spacial score (nSPS) is 28.0. The molecule has 0 amide bonds. The second-order valence-corrected chi connectivity index (χ2v) is 12.7. The van der Waals surface area contributed by atoms with Crippen LogP contribution in [0.4, 0.5) is 0 Å².